The molecule has 1 amide bonds. The Morgan fingerprint density at radius 3 is 2.58 bits per heavy atom. The van der Waals surface area contributed by atoms with Gasteiger partial charge in [-0.1, -0.05) is 11.6 Å². The van der Waals surface area contributed by atoms with Gasteiger partial charge in [0.25, 0.3) is 5.91 Å². The molecule has 1 aromatic rings. The molecular weight excluding hydrogens is 400 g/mol. The van der Waals surface area contributed by atoms with Crippen molar-refractivity contribution in [1.29, 1.82) is 0 Å². The fourth-order valence-corrected chi connectivity index (χ4v) is 5.13. The smallest absolute Gasteiger partial charge is 0.326 e. The van der Waals surface area contributed by atoms with Crippen LogP contribution in [0.3, 0.4) is 0 Å². The third-order valence-corrected chi connectivity index (χ3v) is 7.11. The molecule has 0 aromatic heterocycles. The summed E-state index contributed by atoms with van der Waals surface area (Å²) in [6.07, 6.45) is 3.68. The number of carbonyl (C=O) groups is 2. The van der Waals surface area contributed by atoms with E-state index in [1.54, 1.807) is 0 Å². The lowest BCUT2D eigenvalue weighted by Gasteiger charge is -2.18. The Hall–Kier alpha value is -1.29. The van der Waals surface area contributed by atoms with Gasteiger partial charge in [-0.2, -0.15) is 16.1 Å². The number of hydrogen-bond acceptors (Lipinski definition) is 5. The Morgan fingerprint density at radius 2 is 2.00 bits per heavy atom. The molecule has 7 nitrogen and oxygen atoms in total. The van der Waals surface area contributed by atoms with Gasteiger partial charge in [-0.15, -0.1) is 0 Å². The number of aliphatic carboxylic acids is 1. The lowest BCUT2D eigenvalue weighted by Crippen LogP contribution is -2.41. The number of thioether (sulfide) groups is 1. The molecule has 1 aromatic carbocycles. The molecule has 0 aliphatic carbocycles. The van der Waals surface area contributed by atoms with Crippen LogP contribution in [0.5, 0.6) is 0 Å². The molecule has 1 aliphatic heterocycles. The molecule has 144 valence electrons. The highest BCUT2D eigenvalue weighted by molar-refractivity contribution is 7.98. The normalized spacial score (nSPS) is 16.4. The van der Waals surface area contributed by atoms with Gasteiger partial charge < -0.3 is 10.4 Å². The van der Waals surface area contributed by atoms with Gasteiger partial charge in [0.2, 0.25) is 10.0 Å². The minimum Gasteiger partial charge on any atom is -0.480 e. The summed E-state index contributed by atoms with van der Waals surface area (Å²) in [6.45, 7) is 0.843. The predicted octanol–water partition coefficient (Wildman–Crippen LogP) is 2.06. The van der Waals surface area contributed by atoms with Crippen LogP contribution in [0.25, 0.3) is 0 Å². The first-order chi connectivity index (χ1) is 12.3. The van der Waals surface area contributed by atoms with Gasteiger partial charge in [0.15, 0.2) is 0 Å². The molecule has 0 radical (unpaired) electrons. The van der Waals surface area contributed by atoms with Gasteiger partial charge in [0.05, 0.1) is 5.02 Å². The zero-order valence-corrected chi connectivity index (χ0v) is 16.7. The van der Waals surface area contributed by atoms with E-state index in [1.165, 1.54) is 34.3 Å². The lowest BCUT2D eigenvalue weighted by atomic mass is 10.1. The van der Waals surface area contributed by atoms with E-state index in [4.69, 9.17) is 11.6 Å². The maximum Gasteiger partial charge on any atom is 0.326 e. The Balaban J connectivity index is 2.25. The van der Waals surface area contributed by atoms with E-state index in [-0.39, 0.29) is 21.9 Å². The fraction of sp³-hybridized carbons (Fsp3) is 0.500. The Bertz CT molecular complexity index is 779. The summed E-state index contributed by atoms with van der Waals surface area (Å²) >= 11 is 7.53. The summed E-state index contributed by atoms with van der Waals surface area (Å²) < 4.78 is 26.8. The number of carboxylic acids is 1. The van der Waals surface area contributed by atoms with Crippen molar-refractivity contribution in [2.75, 3.05) is 25.1 Å². The van der Waals surface area contributed by atoms with Crippen LogP contribution >= 0.6 is 23.4 Å². The first-order valence-electron chi connectivity index (χ1n) is 8.09. The second-order valence-corrected chi connectivity index (χ2v) is 9.20. The molecule has 2 rings (SSSR count). The molecule has 1 fully saturated rings. The van der Waals surface area contributed by atoms with E-state index < -0.39 is 27.9 Å². The number of sulfonamides is 1. The molecule has 26 heavy (non-hydrogen) atoms. The first-order valence-corrected chi connectivity index (χ1v) is 11.3. The van der Waals surface area contributed by atoms with E-state index in [1.807, 2.05) is 6.26 Å². The lowest BCUT2D eigenvalue weighted by molar-refractivity contribution is -0.139. The number of carbonyl (C=O) groups excluding carboxylic acids is 1. The molecular formula is C16H21ClN2O5S2. The first kappa shape index (κ1) is 21.0. The highest BCUT2D eigenvalue weighted by Crippen LogP contribution is 2.28. The summed E-state index contributed by atoms with van der Waals surface area (Å²) in [4.78, 5) is 23.5. The van der Waals surface area contributed by atoms with Crippen molar-refractivity contribution in [3.8, 4) is 0 Å². The highest BCUT2D eigenvalue weighted by atomic mass is 35.5. The van der Waals surface area contributed by atoms with Gasteiger partial charge in [-0.05, 0) is 49.5 Å². The van der Waals surface area contributed by atoms with E-state index in [0.29, 0.717) is 18.8 Å². The number of nitrogens with one attached hydrogen (secondary N) is 1. The number of hydrogen-bond donors (Lipinski definition) is 2. The monoisotopic (exact) mass is 420 g/mol. The number of amides is 1. The van der Waals surface area contributed by atoms with Crippen LogP contribution in [0.1, 0.15) is 29.6 Å². The molecule has 1 heterocycles. The molecule has 1 atom stereocenters. The van der Waals surface area contributed by atoms with Gasteiger partial charge >= 0.3 is 5.97 Å². The van der Waals surface area contributed by atoms with Crippen LogP contribution < -0.4 is 5.32 Å². The van der Waals surface area contributed by atoms with Crippen LogP contribution in [0.2, 0.25) is 5.02 Å². The van der Waals surface area contributed by atoms with Crippen molar-refractivity contribution in [3.63, 3.8) is 0 Å². The standard InChI is InChI=1S/C16H21ClN2O5S2/c1-25-9-6-13(16(21)22)18-15(20)11-4-5-12(17)14(10-11)26(23,24)19-7-2-3-8-19/h4-5,10,13H,2-3,6-9H2,1H3,(H,18,20)(H,21,22)/t13-/m1/s1. The van der Waals surface area contributed by atoms with E-state index in [0.717, 1.165) is 12.8 Å². The number of carboxylic acid groups (broad SMARTS) is 1. The minimum atomic E-state index is -3.78. The van der Waals surface area contributed by atoms with Crippen LogP contribution in [-0.2, 0) is 14.8 Å². The molecule has 1 saturated heterocycles. The number of rotatable bonds is 8. The van der Waals surface area contributed by atoms with Gasteiger partial charge in [-0.3, -0.25) is 4.79 Å². The van der Waals surface area contributed by atoms with E-state index in [2.05, 4.69) is 5.32 Å². The summed E-state index contributed by atoms with van der Waals surface area (Å²) in [7, 11) is -3.78. The van der Waals surface area contributed by atoms with Crippen LogP contribution in [-0.4, -0.2) is 60.8 Å². The topological polar surface area (TPSA) is 104 Å². The number of nitrogens with zero attached hydrogens (tertiary/aromatic N) is 1. The third kappa shape index (κ3) is 4.91. The molecule has 0 bridgehead atoms. The quantitative estimate of drug-likeness (QED) is 0.667. The predicted molar refractivity (Wildman–Crippen MR) is 101 cm³/mol. The Labute approximate surface area is 162 Å². The molecule has 1 aliphatic rings. The van der Waals surface area contributed by atoms with Crippen LogP contribution in [0.15, 0.2) is 23.1 Å². The Morgan fingerprint density at radius 1 is 1.35 bits per heavy atom. The van der Waals surface area contributed by atoms with Crippen LogP contribution in [0, 0.1) is 0 Å². The summed E-state index contributed by atoms with van der Waals surface area (Å²) in [5.74, 6) is -1.20. The fourth-order valence-electron chi connectivity index (χ4n) is 2.64. The number of benzene rings is 1. The summed E-state index contributed by atoms with van der Waals surface area (Å²) in [5.41, 5.74) is 0.0579. The van der Waals surface area contributed by atoms with Gasteiger partial charge in [0.1, 0.15) is 10.9 Å². The average Bonchev–Trinajstić information content (AvgIpc) is 3.13. The van der Waals surface area contributed by atoms with Crippen molar-refractivity contribution in [3.05, 3.63) is 28.8 Å². The molecule has 0 saturated carbocycles. The third-order valence-electron chi connectivity index (χ3n) is 4.09. The maximum absolute atomic E-state index is 12.7. The highest BCUT2D eigenvalue weighted by Gasteiger charge is 2.30. The average molecular weight is 421 g/mol. The molecule has 2 N–H and O–H groups in total. The van der Waals surface area contributed by atoms with Crippen molar-refractivity contribution >= 4 is 45.3 Å². The molecule has 0 unspecified atom stereocenters. The zero-order valence-electron chi connectivity index (χ0n) is 14.3. The summed E-state index contributed by atoms with van der Waals surface area (Å²) in [5, 5.41) is 11.7. The van der Waals surface area contributed by atoms with Crippen molar-refractivity contribution < 1.29 is 23.1 Å². The maximum atomic E-state index is 12.7. The minimum absolute atomic E-state index is 0.0330. The second kappa shape index (κ2) is 9.07. The van der Waals surface area contributed by atoms with Crippen molar-refractivity contribution in [2.24, 2.45) is 0 Å². The second-order valence-electron chi connectivity index (χ2n) is 5.90. The van der Waals surface area contributed by atoms with Gasteiger partial charge in [-0.25, -0.2) is 13.2 Å². The summed E-state index contributed by atoms with van der Waals surface area (Å²) in [6, 6.07) is 2.90. The SMILES string of the molecule is CSCC[C@@H](NC(=O)c1ccc(Cl)c(S(=O)(=O)N2CCCC2)c1)C(=O)O. The van der Waals surface area contributed by atoms with Gasteiger partial charge in [0, 0.05) is 18.7 Å². The molecule has 10 heteroatoms. The van der Waals surface area contributed by atoms with Crippen molar-refractivity contribution in [1.82, 2.24) is 9.62 Å². The van der Waals surface area contributed by atoms with E-state index in [9.17, 15) is 23.1 Å². The van der Waals surface area contributed by atoms with Crippen LogP contribution in [0.4, 0.5) is 0 Å². The molecule has 0 spiro atoms. The van der Waals surface area contributed by atoms with Crippen molar-refractivity contribution in [2.45, 2.75) is 30.2 Å². The number of halogens is 1. The Kier molecular flexibility index (Phi) is 7.33. The largest absolute Gasteiger partial charge is 0.480 e. The van der Waals surface area contributed by atoms with E-state index >= 15 is 0 Å². The zero-order chi connectivity index (χ0) is 19.3.